The number of hydrogen-bond acceptors (Lipinski definition) is 8. The number of rotatable bonds is 11. The first kappa shape index (κ1) is 26.3. The Labute approximate surface area is 208 Å². The number of ketones is 1. The maximum absolute atomic E-state index is 12.9. The Morgan fingerprint density at radius 2 is 1.77 bits per heavy atom. The van der Waals surface area contributed by atoms with E-state index in [4.69, 9.17) is 11.1 Å². The Hall–Kier alpha value is -3.27. The number of nitrogens with two attached hydrogens (primary N) is 1. The Bertz CT molecular complexity index is 1210. The van der Waals surface area contributed by atoms with Gasteiger partial charge in [-0.15, -0.1) is 0 Å². The van der Waals surface area contributed by atoms with Gasteiger partial charge in [0.05, 0.1) is 35.2 Å². The number of Topliss-reactive ketones (excluding diaryl/α,β-unsaturated/α-hetero) is 1. The van der Waals surface area contributed by atoms with Crippen molar-refractivity contribution in [1.82, 2.24) is 15.3 Å². The number of aliphatic hydroxyl groups is 1. The standard InChI is InChI=1S/C26H31N5O3S/c1-16(2)35(34)21-10-8-20(9-11-21)23-15-30-26(28)25(31-23)24(33)12-22(27)19-6-4-18(5-7-19)14-29-13-17(3)32/h4-11,15-17,27,29,32H,12-14H2,1-3H3,(H2,28,30). The van der Waals surface area contributed by atoms with Crippen LogP contribution in [0, 0.1) is 5.41 Å². The average molecular weight is 494 g/mol. The average Bonchev–Trinajstić information content (AvgIpc) is 2.84. The van der Waals surface area contributed by atoms with Gasteiger partial charge in [0.1, 0.15) is 5.69 Å². The van der Waals surface area contributed by atoms with Gasteiger partial charge in [-0.05, 0) is 30.2 Å². The second kappa shape index (κ2) is 11.9. The number of aromatic nitrogens is 2. The van der Waals surface area contributed by atoms with Crippen molar-refractivity contribution < 1.29 is 14.1 Å². The summed E-state index contributed by atoms with van der Waals surface area (Å²) in [7, 11) is -1.09. The summed E-state index contributed by atoms with van der Waals surface area (Å²) in [6, 6.07) is 14.5. The summed E-state index contributed by atoms with van der Waals surface area (Å²) < 4.78 is 12.3. The fourth-order valence-electron chi connectivity index (χ4n) is 3.37. The van der Waals surface area contributed by atoms with Crippen molar-refractivity contribution in [1.29, 1.82) is 5.41 Å². The number of carbonyl (C=O) groups is 1. The van der Waals surface area contributed by atoms with Gasteiger partial charge in [-0.3, -0.25) is 9.00 Å². The zero-order valence-corrected chi connectivity index (χ0v) is 20.9. The number of nitrogen functional groups attached to an aromatic ring is 1. The molecule has 3 rings (SSSR count). The van der Waals surface area contributed by atoms with Crippen LogP contribution in [0.25, 0.3) is 11.3 Å². The van der Waals surface area contributed by atoms with Crippen LogP contribution in [0.1, 0.15) is 48.8 Å². The van der Waals surface area contributed by atoms with Crippen LogP contribution in [0.3, 0.4) is 0 Å². The molecular weight excluding hydrogens is 462 g/mol. The second-order valence-electron chi connectivity index (χ2n) is 8.61. The molecule has 0 spiro atoms. The zero-order chi connectivity index (χ0) is 25.5. The molecule has 2 atom stereocenters. The van der Waals surface area contributed by atoms with E-state index in [0.717, 1.165) is 16.0 Å². The summed E-state index contributed by atoms with van der Waals surface area (Å²) in [5.41, 5.74) is 8.98. The molecule has 1 aromatic heterocycles. The fraction of sp³-hybridized carbons (Fsp3) is 0.308. The van der Waals surface area contributed by atoms with E-state index in [9.17, 15) is 14.1 Å². The van der Waals surface area contributed by atoms with E-state index < -0.39 is 16.9 Å². The van der Waals surface area contributed by atoms with E-state index >= 15 is 0 Å². The highest BCUT2D eigenvalue weighted by atomic mass is 32.2. The molecule has 0 aliphatic rings. The molecule has 5 N–H and O–H groups in total. The van der Waals surface area contributed by atoms with Crippen molar-refractivity contribution in [3.8, 4) is 11.3 Å². The lowest BCUT2D eigenvalue weighted by molar-refractivity contribution is 0.0996. The van der Waals surface area contributed by atoms with Gasteiger partial charge >= 0.3 is 0 Å². The molecule has 0 aliphatic heterocycles. The lowest BCUT2D eigenvalue weighted by Gasteiger charge is -2.10. The molecular formula is C26H31N5O3S. The third-order valence-corrected chi connectivity index (χ3v) is 6.88. The summed E-state index contributed by atoms with van der Waals surface area (Å²) in [6.07, 6.45) is 0.919. The molecule has 0 saturated carbocycles. The molecule has 8 nitrogen and oxygen atoms in total. The van der Waals surface area contributed by atoms with Crippen LogP contribution in [0.5, 0.6) is 0 Å². The van der Waals surface area contributed by atoms with E-state index in [1.54, 1.807) is 43.3 Å². The lowest BCUT2D eigenvalue weighted by atomic mass is 10.0. The molecule has 0 radical (unpaired) electrons. The SMILES string of the molecule is CC(O)CNCc1ccc(C(=N)CC(=O)c2nc(-c3ccc(S(=O)C(C)C)cc3)cnc2N)cc1. The molecule has 2 unspecified atom stereocenters. The fourth-order valence-corrected chi connectivity index (χ4v) is 4.32. The van der Waals surface area contributed by atoms with E-state index in [2.05, 4.69) is 15.3 Å². The van der Waals surface area contributed by atoms with Crippen molar-refractivity contribution in [3.63, 3.8) is 0 Å². The van der Waals surface area contributed by atoms with Crippen LogP contribution in [-0.2, 0) is 17.3 Å². The van der Waals surface area contributed by atoms with Gasteiger partial charge in [-0.25, -0.2) is 9.97 Å². The molecule has 35 heavy (non-hydrogen) atoms. The second-order valence-corrected chi connectivity index (χ2v) is 10.6. The summed E-state index contributed by atoms with van der Waals surface area (Å²) in [5, 5.41) is 20.9. The smallest absolute Gasteiger partial charge is 0.190 e. The number of benzene rings is 2. The zero-order valence-electron chi connectivity index (χ0n) is 20.1. The first-order valence-electron chi connectivity index (χ1n) is 11.4. The molecule has 0 aliphatic carbocycles. The molecule has 1 heterocycles. The third-order valence-electron chi connectivity index (χ3n) is 5.28. The Morgan fingerprint density at radius 1 is 1.11 bits per heavy atom. The highest BCUT2D eigenvalue weighted by Gasteiger charge is 2.18. The van der Waals surface area contributed by atoms with Gasteiger partial charge in [0, 0.05) is 34.5 Å². The maximum Gasteiger partial charge on any atom is 0.190 e. The number of hydrogen-bond donors (Lipinski definition) is 4. The monoisotopic (exact) mass is 493 g/mol. The topological polar surface area (TPSA) is 142 Å². The largest absolute Gasteiger partial charge is 0.392 e. The van der Waals surface area contributed by atoms with Crippen molar-refractivity contribution in [2.75, 3.05) is 12.3 Å². The summed E-state index contributed by atoms with van der Waals surface area (Å²) in [4.78, 5) is 22.2. The van der Waals surface area contributed by atoms with Crippen molar-refractivity contribution >= 4 is 28.1 Å². The molecule has 9 heteroatoms. The van der Waals surface area contributed by atoms with Crippen LogP contribution in [0.2, 0.25) is 0 Å². The van der Waals surface area contributed by atoms with Crippen LogP contribution >= 0.6 is 0 Å². The Morgan fingerprint density at radius 3 is 2.37 bits per heavy atom. The minimum absolute atomic E-state index is 0.0136. The van der Waals surface area contributed by atoms with Gasteiger partial charge in [0.2, 0.25) is 0 Å². The normalized spacial score (nSPS) is 12.9. The predicted molar refractivity (Wildman–Crippen MR) is 139 cm³/mol. The van der Waals surface area contributed by atoms with Gasteiger partial charge in [0.15, 0.2) is 11.6 Å². The number of nitrogens with one attached hydrogen (secondary N) is 2. The highest BCUT2D eigenvalue weighted by molar-refractivity contribution is 7.85. The predicted octanol–water partition coefficient (Wildman–Crippen LogP) is 3.35. The number of anilines is 1. The van der Waals surface area contributed by atoms with Gasteiger partial charge in [0.25, 0.3) is 0 Å². The maximum atomic E-state index is 12.9. The van der Waals surface area contributed by atoms with Crippen molar-refractivity contribution in [2.45, 2.75) is 50.0 Å². The minimum Gasteiger partial charge on any atom is -0.392 e. The summed E-state index contributed by atoms with van der Waals surface area (Å²) in [5.74, 6) is -0.370. The third kappa shape index (κ3) is 7.11. The van der Waals surface area contributed by atoms with Crippen molar-refractivity contribution in [2.24, 2.45) is 0 Å². The van der Waals surface area contributed by atoms with Gasteiger partial charge in [-0.2, -0.15) is 0 Å². The molecule has 184 valence electrons. The Kier molecular flexibility index (Phi) is 8.97. The minimum atomic E-state index is -1.09. The van der Waals surface area contributed by atoms with Gasteiger partial charge < -0.3 is 21.6 Å². The molecule has 0 fully saturated rings. The van der Waals surface area contributed by atoms with E-state index in [1.165, 1.54) is 6.20 Å². The number of nitrogens with zero attached hydrogens (tertiary/aromatic N) is 2. The van der Waals surface area contributed by atoms with Crippen LogP contribution < -0.4 is 11.1 Å². The molecule has 0 amide bonds. The van der Waals surface area contributed by atoms with Gasteiger partial charge in [-0.1, -0.05) is 50.2 Å². The lowest BCUT2D eigenvalue weighted by Crippen LogP contribution is -2.23. The van der Waals surface area contributed by atoms with Crippen LogP contribution in [0.15, 0.2) is 59.6 Å². The first-order valence-corrected chi connectivity index (χ1v) is 12.6. The number of aliphatic hydroxyl groups excluding tert-OH is 1. The molecule has 2 aromatic carbocycles. The molecule has 0 saturated heterocycles. The molecule has 0 bridgehead atoms. The quantitative estimate of drug-likeness (QED) is 0.237. The van der Waals surface area contributed by atoms with E-state index in [-0.39, 0.29) is 34.7 Å². The number of carbonyl (C=O) groups excluding carboxylic acids is 1. The van der Waals surface area contributed by atoms with E-state index in [1.807, 2.05) is 26.0 Å². The molecule has 3 aromatic rings. The summed E-state index contributed by atoms with van der Waals surface area (Å²) >= 11 is 0. The summed E-state index contributed by atoms with van der Waals surface area (Å²) in [6.45, 7) is 6.61. The van der Waals surface area contributed by atoms with Crippen LogP contribution in [-0.4, -0.2) is 48.7 Å². The van der Waals surface area contributed by atoms with Crippen LogP contribution in [0.4, 0.5) is 5.82 Å². The Balaban J connectivity index is 1.70. The van der Waals surface area contributed by atoms with Crippen molar-refractivity contribution in [3.05, 3.63) is 71.5 Å². The van der Waals surface area contributed by atoms with E-state index in [0.29, 0.717) is 24.3 Å². The highest BCUT2D eigenvalue weighted by Crippen LogP contribution is 2.22. The first-order chi connectivity index (χ1) is 16.7.